The van der Waals surface area contributed by atoms with Gasteiger partial charge in [-0.1, -0.05) is 24.3 Å². The molecule has 122 valence electrons. The van der Waals surface area contributed by atoms with E-state index in [0.717, 1.165) is 20.8 Å². The van der Waals surface area contributed by atoms with E-state index in [1.54, 1.807) is 24.3 Å². The Morgan fingerprint density at radius 2 is 1.88 bits per heavy atom. The molecule has 0 saturated heterocycles. The van der Waals surface area contributed by atoms with Crippen LogP contribution in [0.1, 0.15) is 17.5 Å². The number of anilines is 1. The van der Waals surface area contributed by atoms with Crippen molar-refractivity contribution in [3.8, 4) is 0 Å². The van der Waals surface area contributed by atoms with Crippen LogP contribution in [0.25, 0.3) is 10.2 Å². The second kappa shape index (κ2) is 7.23. The van der Waals surface area contributed by atoms with Crippen LogP contribution in [0.5, 0.6) is 0 Å². The maximum absolute atomic E-state index is 11.9. The summed E-state index contributed by atoms with van der Waals surface area (Å²) in [5.41, 5.74) is 2.45. The van der Waals surface area contributed by atoms with Gasteiger partial charge >= 0.3 is 5.97 Å². The van der Waals surface area contributed by atoms with Gasteiger partial charge < -0.3 is 10.1 Å². The van der Waals surface area contributed by atoms with Gasteiger partial charge in [0.1, 0.15) is 11.6 Å². The SMILES string of the molecule is CC(=O)Nc1ccc(CC(=O)OCc2nc3ccccc3s2)cc1. The number of hydrogen-bond acceptors (Lipinski definition) is 5. The summed E-state index contributed by atoms with van der Waals surface area (Å²) in [6.45, 7) is 1.63. The molecule has 0 aliphatic carbocycles. The summed E-state index contributed by atoms with van der Waals surface area (Å²) in [7, 11) is 0. The number of hydrogen-bond donors (Lipinski definition) is 1. The molecular formula is C18H16N2O3S. The Morgan fingerprint density at radius 3 is 2.58 bits per heavy atom. The van der Waals surface area contributed by atoms with Crippen molar-refractivity contribution in [2.75, 3.05) is 5.32 Å². The van der Waals surface area contributed by atoms with Gasteiger partial charge in [-0.3, -0.25) is 9.59 Å². The van der Waals surface area contributed by atoms with Gasteiger partial charge in [-0.2, -0.15) is 0 Å². The van der Waals surface area contributed by atoms with Gasteiger partial charge in [-0.25, -0.2) is 4.98 Å². The lowest BCUT2D eigenvalue weighted by atomic mass is 10.1. The molecule has 5 nitrogen and oxygen atoms in total. The minimum atomic E-state index is -0.304. The first-order chi connectivity index (χ1) is 11.6. The first-order valence-corrected chi connectivity index (χ1v) is 8.28. The molecule has 1 heterocycles. The zero-order valence-corrected chi connectivity index (χ0v) is 13.9. The molecule has 0 unspecified atom stereocenters. The van der Waals surface area contributed by atoms with Gasteiger partial charge in [0.15, 0.2) is 0 Å². The molecule has 0 fully saturated rings. The smallest absolute Gasteiger partial charge is 0.310 e. The number of esters is 1. The average Bonchev–Trinajstić information content (AvgIpc) is 2.97. The Balaban J connectivity index is 1.54. The molecule has 1 amide bonds. The monoisotopic (exact) mass is 340 g/mol. The number of nitrogens with zero attached hydrogens (tertiary/aromatic N) is 1. The summed E-state index contributed by atoms with van der Waals surface area (Å²) in [5, 5.41) is 3.47. The fraction of sp³-hybridized carbons (Fsp3) is 0.167. The van der Waals surface area contributed by atoms with E-state index in [1.807, 2.05) is 24.3 Å². The highest BCUT2D eigenvalue weighted by molar-refractivity contribution is 7.18. The predicted octanol–water partition coefficient (Wildman–Crippen LogP) is 3.54. The fourth-order valence-electron chi connectivity index (χ4n) is 2.25. The first kappa shape index (κ1) is 16.1. The van der Waals surface area contributed by atoms with Crippen LogP contribution in [0.4, 0.5) is 5.69 Å². The standard InChI is InChI=1S/C18H16N2O3S/c1-12(21)19-14-8-6-13(7-9-14)10-18(22)23-11-17-20-15-4-2-3-5-16(15)24-17/h2-9H,10-11H2,1H3,(H,19,21). The van der Waals surface area contributed by atoms with Crippen molar-refractivity contribution in [1.82, 2.24) is 4.98 Å². The van der Waals surface area contributed by atoms with Crippen LogP contribution in [-0.4, -0.2) is 16.9 Å². The van der Waals surface area contributed by atoms with Gasteiger partial charge in [0.2, 0.25) is 5.91 Å². The van der Waals surface area contributed by atoms with Crippen molar-refractivity contribution in [2.45, 2.75) is 20.0 Å². The molecular weight excluding hydrogens is 324 g/mol. The number of rotatable bonds is 5. The van der Waals surface area contributed by atoms with Crippen molar-refractivity contribution in [1.29, 1.82) is 0 Å². The molecule has 6 heteroatoms. The highest BCUT2D eigenvalue weighted by Crippen LogP contribution is 2.22. The van der Waals surface area contributed by atoms with E-state index in [-0.39, 0.29) is 24.9 Å². The number of carbonyl (C=O) groups is 2. The molecule has 24 heavy (non-hydrogen) atoms. The van der Waals surface area contributed by atoms with Gasteiger partial charge in [0, 0.05) is 12.6 Å². The van der Waals surface area contributed by atoms with E-state index in [4.69, 9.17) is 4.74 Å². The largest absolute Gasteiger partial charge is 0.458 e. The number of carbonyl (C=O) groups excluding carboxylic acids is 2. The quantitative estimate of drug-likeness (QED) is 0.721. The van der Waals surface area contributed by atoms with E-state index in [1.165, 1.54) is 18.3 Å². The Morgan fingerprint density at radius 1 is 1.12 bits per heavy atom. The maximum atomic E-state index is 11.9. The minimum Gasteiger partial charge on any atom is -0.458 e. The number of fused-ring (bicyclic) bond motifs is 1. The fourth-order valence-corrected chi connectivity index (χ4v) is 3.13. The molecule has 2 aromatic carbocycles. The lowest BCUT2D eigenvalue weighted by Gasteiger charge is -2.05. The molecule has 1 aromatic heterocycles. The molecule has 0 bridgehead atoms. The predicted molar refractivity (Wildman–Crippen MR) is 93.9 cm³/mol. The summed E-state index contributed by atoms with van der Waals surface area (Å²) in [4.78, 5) is 27.4. The minimum absolute atomic E-state index is 0.127. The van der Waals surface area contributed by atoms with Crippen LogP contribution < -0.4 is 5.32 Å². The third-order valence-corrected chi connectivity index (χ3v) is 4.33. The molecule has 0 spiro atoms. The van der Waals surface area contributed by atoms with Crippen LogP contribution in [0, 0.1) is 0 Å². The molecule has 1 N–H and O–H groups in total. The molecule has 0 saturated carbocycles. The van der Waals surface area contributed by atoms with Gasteiger partial charge in [-0.05, 0) is 29.8 Å². The molecule has 3 rings (SSSR count). The number of amides is 1. The van der Waals surface area contributed by atoms with Crippen molar-refractivity contribution < 1.29 is 14.3 Å². The normalized spacial score (nSPS) is 10.5. The highest BCUT2D eigenvalue weighted by atomic mass is 32.1. The maximum Gasteiger partial charge on any atom is 0.310 e. The molecule has 0 atom stereocenters. The Kier molecular flexibility index (Phi) is 4.86. The van der Waals surface area contributed by atoms with E-state index in [0.29, 0.717) is 5.69 Å². The second-order valence-corrected chi connectivity index (χ2v) is 6.41. The van der Waals surface area contributed by atoms with E-state index in [9.17, 15) is 9.59 Å². The zero-order valence-electron chi connectivity index (χ0n) is 13.1. The van der Waals surface area contributed by atoms with Crippen LogP contribution in [0.15, 0.2) is 48.5 Å². The van der Waals surface area contributed by atoms with Gasteiger partial charge in [0.25, 0.3) is 0 Å². The van der Waals surface area contributed by atoms with Crippen LogP contribution in [0.3, 0.4) is 0 Å². The summed E-state index contributed by atoms with van der Waals surface area (Å²) >= 11 is 1.52. The lowest BCUT2D eigenvalue weighted by Crippen LogP contribution is -2.08. The lowest BCUT2D eigenvalue weighted by molar-refractivity contribution is -0.144. The molecule has 3 aromatic rings. The average molecular weight is 340 g/mol. The Hall–Kier alpha value is -2.73. The molecule has 0 aliphatic heterocycles. The first-order valence-electron chi connectivity index (χ1n) is 7.47. The summed E-state index contributed by atoms with van der Waals surface area (Å²) in [5.74, 6) is -0.431. The second-order valence-electron chi connectivity index (χ2n) is 5.29. The third-order valence-electron chi connectivity index (χ3n) is 3.32. The van der Waals surface area contributed by atoms with Gasteiger partial charge in [0.05, 0.1) is 16.6 Å². The van der Waals surface area contributed by atoms with Crippen molar-refractivity contribution in [3.05, 3.63) is 59.1 Å². The van der Waals surface area contributed by atoms with E-state index >= 15 is 0 Å². The van der Waals surface area contributed by atoms with E-state index in [2.05, 4.69) is 10.3 Å². The van der Waals surface area contributed by atoms with E-state index < -0.39 is 0 Å². The van der Waals surface area contributed by atoms with Gasteiger partial charge in [-0.15, -0.1) is 11.3 Å². The van der Waals surface area contributed by atoms with Crippen molar-refractivity contribution in [2.24, 2.45) is 0 Å². The van der Waals surface area contributed by atoms with Crippen molar-refractivity contribution >= 4 is 39.1 Å². The topological polar surface area (TPSA) is 68.3 Å². The highest BCUT2D eigenvalue weighted by Gasteiger charge is 2.08. The number of benzene rings is 2. The summed E-state index contributed by atoms with van der Waals surface area (Å²) in [6.07, 6.45) is 0.186. The number of nitrogens with one attached hydrogen (secondary N) is 1. The number of aromatic nitrogens is 1. The van der Waals surface area contributed by atoms with Crippen LogP contribution in [0.2, 0.25) is 0 Å². The number of ether oxygens (including phenoxy) is 1. The van der Waals surface area contributed by atoms with Crippen LogP contribution >= 0.6 is 11.3 Å². The van der Waals surface area contributed by atoms with Crippen molar-refractivity contribution in [3.63, 3.8) is 0 Å². The Labute approximate surface area is 143 Å². The number of thiazole rings is 1. The Bertz CT molecular complexity index is 838. The number of para-hydroxylation sites is 1. The van der Waals surface area contributed by atoms with Crippen LogP contribution in [-0.2, 0) is 27.4 Å². The molecule has 0 aliphatic rings. The summed E-state index contributed by atoms with van der Waals surface area (Å²) in [6, 6.07) is 14.9. The zero-order chi connectivity index (χ0) is 16.9. The molecule has 0 radical (unpaired) electrons. The summed E-state index contributed by atoms with van der Waals surface area (Å²) < 4.78 is 6.38. The third kappa shape index (κ3) is 4.17.